The second kappa shape index (κ2) is 7.28. The number of benzene rings is 1. The molecule has 0 N–H and O–H groups in total. The molecule has 0 fully saturated rings. The molecular weight excluding hydrogens is 342 g/mol. The number of aromatic nitrogens is 5. The van der Waals surface area contributed by atoms with Crippen LogP contribution < -0.4 is 5.56 Å². The maximum Gasteiger partial charge on any atom is 0.265 e. The smallest absolute Gasteiger partial charge is 0.265 e. The van der Waals surface area contributed by atoms with Gasteiger partial charge in [0, 0.05) is 26.3 Å². The highest BCUT2D eigenvalue weighted by Gasteiger charge is 2.19. The minimum atomic E-state index is -0.103. The summed E-state index contributed by atoms with van der Waals surface area (Å²) in [6.07, 6.45) is 4.11. The highest BCUT2D eigenvalue weighted by Crippen LogP contribution is 2.24. The SMILES string of the molecule is C=CCn1c2nc3ccccc3nc2c2c(=O)n(CCCOCC)cnc21. The zero-order valence-corrected chi connectivity index (χ0v) is 15.3. The summed E-state index contributed by atoms with van der Waals surface area (Å²) in [5.74, 6) is 0. The van der Waals surface area contributed by atoms with Gasteiger partial charge in [0.1, 0.15) is 10.9 Å². The maximum absolute atomic E-state index is 13.1. The van der Waals surface area contributed by atoms with Crippen molar-refractivity contribution in [1.29, 1.82) is 0 Å². The first-order valence-electron chi connectivity index (χ1n) is 9.07. The molecule has 0 spiro atoms. The molecule has 0 atom stereocenters. The molecule has 3 heterocycles. The number of nitrogens with zero attached hydrogens (tertiary/aromatic N) is 5. The molecule has 0 radical (unpaired) electrons. The summed E-state index contributed by atoms with van der Waals surface area (Å²) >= 11 is 0. The standard InChI is InChI=1S/C20H21N5O2/c1-3-10-25-18-16(20(26)24(13-21-18)11-7-12-27-4-2)17-19(25)23-15-9-6-5-8-14(15)22-17/h3,5-6,8-9,13H,1,4,7,10-12H2,2H3. The highest BCUT2D eigenvalue weighted by molar-refractivity contribution is 6.04. The topological polar surface area (TPSA) is 74.8 Å². The van der Waals surface area contributed by atoms with E-state index in [-0.39, 0.29) is 5.56 Å². The maximum atomic E-state index is 13.1. The van der Waals surface area contributed by atoms with E-state index < -0.39 is 0 Å². The fraction of sp³-hybridized carbons (Fsp3) is 0.300. The van der Waals surface area contributed by atoms with Crippen LogP contribution in [0.5, 0.6) is 0 Å². The Morgan fingerprint density at radius 2 is 1.96 bits per heavy atom. The minimum absolute atomic E-state index is 0.103. The molecule has 7 nitrogen and oxygen atoms in total. The molecular formula is C20H21N5O2. The van der Waals surface area contributed by atoms with Gasteiger partial charge in [0.05, 0.1) is 17.4 Å². The molecule has 7 heteroatoms. The number of para-hydroxylation sites is 2. The van der Waals surface area contributed by atoms with Crippen molar-refractivity contribution in [2.75, 3.05) is 13.2 Å². The Kier molecular flexibility index (Phi) is 4.68. The average molecular weight is 363 g/mol. The number of hydrogen-bond acceptors (Lipinski definition) is 5. The van der Waals surface area contributed by atoms with Gasteiger partial charge in [0.2, 0.25) is 0 Å². The minimum Gasteiger partial charge on any atom is -0.382 e. The second-order valence-corrected chi connectivity index (χ2v) is 6.28. The first-order valence-corrected chi connectivity index (χ1v) is 9.07. The van der Waals surface area contributed by atoms with Crippen molar-refractivity contribution >= 4 is 33.2 Å². The van der Waals surface area contributed by atoms with Crippen LogP contribution in [-0.4, -0.2) is 37.3 Å². The van der Waals surface area contributed by atoms with Crippen molar-refractivity contribution in [3.8, 4) is 0 Å². The fourth-order valence-electron chi connectivity index (χ4n) is 3.28. The summed E-state index contributed by atoms with van der Waals surface area (Å²) < 4.78 is 8.88. The van der Waals surface area contributed by atoms with E-state index in [4.69, 9.17) is 14.7 Å². The van der Waals surface area contributed by atoms with Crippen molar-refractivity contribution < 1.29 is 4.74 Å². The summed E-state index contributed by atoms with van der Waals surface area (Å²) in [7, 11) is 0. The summed E-state index contributed by atoms with van der Waals surface area (Å²) in [5, 5.41) is 0.504. The van der Waals surface area contributed by atoms with Gasteiger partial charge >= 0.3 is 0 Å². The lowest BCUT2D eigenvalue weighted by Gasteiger charge is -2.06. The van der Waals surface area contributed by atoms with Gasteiger partial charge in [-0.05, 0) is 25.5 Å². The van der Waals surface area contributed by atoms with Crippen LogP contribution in [0.1, 0.15) is 13.3 Å². The Morgan fingerprint density at radius 1 is 1.19 bits per heavy atom. The van der Waals surface area contributed by atoms with Gasteiger partial charge < -0.3 is 9.30 Å². The Hall–Kier alpha value is -3.06. The normalized spacial score (nSPS) is 11.6. The molecule has 0 aliphatic carbocycles. The van der Waals surface area contributed by atoms with Crippen molar-refractivity contribution in [1.82, 2.24) is 24.1 Å². The molecule has 138 valence electrons. The van der Waals surface area contributed by atoms with E-state index >= 15 is 0 Å². The lowest BCUT2D eigenvalue weighted by Crippen LogP contribution is -2.21. The van der Waals surface area contributed by atoms with Crippen LogP contribution in [-0.2, 0) is 17.8 Å². The molecule has 0 amide bonds. The molecule has 0 bridgehead atoms. The molecule has 0 saturated carbocycles. The van der Waals surface area contributed by atoms with Crippen LogP contribution in [0, 0.1) is 0 Å². The fourth-order valence-corrected chi connectivity index (χ4v) is 3.28. The van der Waals surface area contributed by atoms with Crippen LogP contribution in [0.4, 0.5) is 0 Å². The highest BCUT2D eigenvalue weighted by atomic mass is 16.5. The second-order valence-electron chi connectivity index (χ2n) is 6.28. The predicted octanol–water partition coefficient (Wildman–Crippen LogP) is 2.91. The van der Waals surface area contributed by atoms with Crippen LogP contribution in [0.15, 0.2) is 48.0 Å². The lowest BCUT2D eigenvalue weighted by atomic mass is 10.3. The van der Waals surface area contributed by atoms with E-state index in [1.54, 1.807) is 17.0 Å². The van der Waals surface area contributed by atoms with Crippen LogP contribution in [0.3, 0.4) is 0 Å². The summed E-state index contributed by atoms with van der Waals surface area (Å²) in [4.78, 5) is 27.1. The van der Waals surface area contributed by atoms with Gasteiger partial charge in [-0.2, -0.15) is 0 Å². The molecule has 27 heavy (non-hydrogen) atoms. The van der Waals surface area contributed by atoms with Crippen molar-refractivity contribution in [3.63, 3.8) is 0 Å². The van der Waals surface area contributed by atoms with Gasteiger partial charge in [-0.15, -0.1) is 6.58 Å². The third-order valence-corrected chi connectivity index (χ3v) is 4.52. The number of fused-ring (bicyclic) bond motifs is 4. The van der Waals surface area contributed by atoms with E-state index in [1.165, 1.54) is 0 Å². The molecule has 1 aromatic carbocycles. The Balaban J connectivity index is 1.95. The molecule has 0 unspecified atom stereocenters. The molecule has 4 rings (SSSR count). The van der Waals surface area contributed by atoms with E-state index in [2.05, 4.69) is 11.6 Å². The molecule has 0 aliphatic rings. The Morgan fingerprint density at radius 3 is 2.70 bits per heavy atom. The number of rotatable bonds is 7. The molecule has 3 aromatic heterocycles. The van der Waals surface area contributed by atoms with E-state index in [1.807, 2.05) is 35.8 Å². The van der Waals surface area contributed by atoms with Crippen molar-refractivity contribution in [2.24, 2.45) is 0 Å². The van der Waals surface area contributed by atoms with E-state index in [0.29, 0.717) is 48.5 Å². The van der Waals surface area contributed by atoms with Crippen molar-refractivity contribution in [2.45, 2.75) is 26.4 Å². The van der Waals surface area contributed by atoms with Crippen LogP contribution >= 0.6 is 0 Å². The van der Waals surface area contributed by atoms with E-state index in [0.717, 1.165) is 17.5 Å². The van der Waals surface area contributed by atoms with Crippen molar-refractivity contribution in [3.05, 3.63) is 53.6 Å². The number of allylic oxidation sites excluding steroid dienone is 1. The summed E-state index contributed by atoms with van der Waals surface area (Å²) in [6, 6.07) is 7.65. The van der Waals surface area contributed by atoms with Gasteiger partial charge in [0.25, 0.3) is 5.56 Å². The van der Waals surface area contributed by atoms with Crippen LogP contribution in [0.2, 0.25) is 0 Å². The first-order chi connectivity index (χ1) is 13.2. The quantitative estimate of drug-likeness (QED) is 0.373. The van der Waals surface area contributed by atoms with Gasteiger partial charge in [-0.3, -0.25) is 9.36 Å². The summed E-state index contributed by atoms with van der Waals surface area (Å²) in [6.45, 7) is 8.12. The third kappa shape index (κ3) is 3.00. The largest absolute Gasteiger partial charge is 0.382 e. The predicted molar refractivity (Wildman–Crippen MR) is 106 cm³/mol. The molecule has 4 aromatic rings. The zero-order chi connectivity index (χ0) is 18.8. The van der Waals surface area contributed by atoms with Gasteiger partial charge in [-0.25, -0.2) is 15.0 Å². The first kappa shape index (κ1) is 17.4. The Labute approximate surface area is 155 Å². The Bertz CT molecular complexity index is 1190. The molecule has 0 saturated heterocycles. The monoisotopic (exact) mass is 363 g/mol. The number of hydrogen-bond donors (Lipinski definition) is 0. The van der Waals surface area contributed by atoms with E-state index in [9.17, 15) is 4.79 Å². The number of ether oxygens (including phenoxy) is 1. The average Bonchev–Trinajstić information content (AvgIpc) is 2.99. The zero-order valence-electron chi connectivity index (χ0n) is 15.3. The molecule has 0 aliphatic heterocycles. The number of aryl methyl sites for hydroxylation is 1. The lowest BCUT2D eigenvalue weighted by molar-refractivity contribution is 0.141. The van der Waals surface area contributed by atoms with Gasteiger partial charge in [-0.1, -0.05) is 18.2 Å². The van der Waals surface area contributed by atoms with Gasteiger partial charge in [0.15, 0.2) is 11.3 Å². The summed E-state index contributed by atoms with van der Waals surface area (Å²) in [5.41, 5.74) is 3.27. The third-order valence-electron chi connectivity index (χ3n) is 4.52. The van der Waals surface area contributed by atoms with Crippen LogP contribution in [0.25, 0.3) is 33.2 Å².